The molecular weight excluding hydrogens is 419 g/mol. The number of anilines is 2. The van der Waals surface area contributed by atoms with Gasteiger partial charge in [-0.25, -0.2) is 18.4 Å². The minimum atomic E-state index is -4.44. The number of alkyl halides is 3. The molecule has 2 heterocycles. The molecule has 0 unspecified atom stereocenters. The first kappa shape index (κ1) is 22.3. The third-order valence-corrected chi connectivity index (χ3v) is 6.71. The lowest BCUT2D eigenvalue weighted by atomic mass is 10.1. The quantitative estimate of drug-likeness (QED) is 0.708. The van der Waals surface area contributed by atoms with E-state index < -0.39 is 21.8 Å². The third-order valence-electron chi connectivity index (χ3n) is 4.86. The summed E-state index contributed by atoms with van der Waals surface area (Å²) < 4.78 is 64.9. The van der Waals surface area contributed by atoms with Crippen molar-refractivity contribution < 1.29 is 21.6 Å². The number of hydrogen-bond donors (Lipinski definition) is 0. The average molecular weight is 443 g/mol. The van der Waals surface area contributed by atoms with E-state index in [2.05, 4.69) is 9.97 Å². The molecule has 0 saturated carbocycles. The van der Waals surface area contributed by atoms with Crippen molar-refractivity contribution in [2.75, 3.05) is 50.1 Å². The lowest BCUT2D eigenvalue weighted by Gasteiger charge is -2.35. The van der Waals surface area contributed by atoms with E-state index in [1.54, 1.807) is 6.92 Å². The van der Waals surface area contributed by atoms with Gasteiger partial charge in [0.1, 0.15) is 17.5 Å². The Bertz CT molecular complexity index is 986. The van der Waals surface area contributed by atoms with Crippen molar-refractivity contribution in [3.63, 3.8) is 0 Å². The number of rotatable bonds is 5. The first-order valence-corrected chi connectivity index (χ1v) is 11.0. The van der Waals surface area contributed by atoms with Crippen LogP contribution in [0.3, 0.4) is 0 Å². The first-order chi connectivity index (χ1) is 14.0. The molecule has 7 nitrogen and oxygen atoms in total. The highest BCUT2D eigenvalue weighted by atomic mass is 32.2. The van der Waals surface area contributed by atoms with Crippen molar-refractivity contribution in [1.82, 2.24) is 14.3 Å². The second-order valence-corrected chi connectivity index (χ2v) is 9.33. The fourth-order valence-electron chi connectivity index (χ4n) is 3.21. The third kappa shape index (κ3) is 5.20. The van der Waals surface area contributed by atoms with E-state index in [1.165, 1.54) is 16.4 Å². The topological polar surface area (TPSA) is 69.6 Å². The zero-order valence-electron chi connectivity index (χ0n) is 17.0. The Morgan fingerprint density at radius 3 is 2.17 bits per heavy atom. The van der Waals surface area contributed by atoms with Crippen LogP contribution in [-0.2, 0) is 22.0 Å². The van der Waals surface area contributed by atoms with Crippen LogP contribution in [0.2, 0.25) is 0 Å². The zero-order chi connectivity index (χ0) is 22.1. The smallest absolute Gasteiger partial charge is 0.363 e. The molecule has 0 N–H and O–H groups in total. The van der Waals surface area contributed by atoms with E-state index in [0.29, 0.717) is 24.5 Å². The molecule has 3 rings (SSSR count). The van der Waals surface area contributed by atoms with E-state index in [9.17, 15) is 21.6 Å². The summed E-state index contributed by atoms with van der Waals surface area (Å²) in [4.78, 5) is 12.7. The molecule has 0 aliphatic carbocycles. The second-order valence-electron chi connectivity index (χ2n) is 7.36. The van der Waals surface area contributed by atoms with Gasteiger partial charge in [-0.2, -0.15) is 17.5 Å². The molecule has 0 radical (unpaired) electrons. The number of hydrogen-bond acceptors (Lipinski definition) is 6. The van der Waals surface area contributed by atoms with E-state index in [4.69, 9.17) is 0 Å². The fraction of sp³-hybridized carbons (Fsp3) is 0.474. The van der Waals surface area contributed by atoms with Crippen molar-refractivity contribution in [3.8, 4) is 0 Å². The van der Waals surface area contributed by atoms with Crippen LogP contribution in [0.5, 0.6) is 0 Å². The molecule has 1 saturated heterocycles. The lowest BCUT2D eigenvalue weighted by Crippen LogP contribution is -2.49. The number of aryl methyl sites for hydroxylation is 1. The molecule has 164 valence electrons. The van der Waals surface area contributed by atoms with Crippen molar-refractivity contribution in [2.45, 2.75) is 18.9 Å². The molecule has 1 aromatic heterocycles. The van der Waals surface area contributed by atoms with Crippen LogP contribution in [-0.4, -0.2) is 63.0 Å². The number of aromatic nitrogens is 2. The normalized spacial score (nSPS) is 16.0. The Balaban J connectivity index is 1.65. The second kappa shape index (κ2) is 8.38. The molecule has 30 heavy (non-hydrogen) atoms. The van der Waals surface area contributed by atoms with Gasteiger partial charge < -0.3 is 9.80 Å². The minimum Gasteiger partial charge on any atom is -0.363 e. The number of piperazine rings is 1. The summed E-state index contributed by atoms with van der Waals surface area (Å²) in [6.07, 6.45) is -4.44. The number of nitrogens with zero attached hydrogens (tertiary/aromatic N) is 5. The van der Waals surface area contributed by atoms with Crippen molar-refractivity contribution in [2.24, 2.45) is 0 Å². The summed E-state index contributed by atoms with van der Waals surface area (Å²) in [5.41, 5.74) is -0.470. The standard InChI is InChI=1S/C19H24F3N5O2S/c1-14-23-17(25(2)3)12-18(24-14)26-8-10-27(11-9-26)30(28,29)13-15-4-6-16(7-5-15)19(20,21)22/h4-7,12H,8-11,13H2,1-3H3. The largest absolute Gasteiger partial charge is 0.416 e. The van der Waals surface area contributed by atoms with Gasteiger partial charge >= 0.3 is 6.18 Å². The van der Waals surface area contributed by atoms with Gasteiger partial charge in [-0.3, -0.25) is 0 Å². The predicted octanol–water partition coefficient (Wildman–Crippen LogP) is 2.52. The number of halogens is 3. The van der Waals surface area contributed by atoms with Crippen LogP contribution in [0.4, 0.5) is 24.8 Å². The molecule has 0 spiro atoms. The summed E-state index contributed by atoms with van der Waals surface area (Å²) in [5.74, 6) is 1.82. The summed E-state index contributed by atoms with van der Waals surface area (Å²) >= 11 is 0. The maximum atomic E-state index is 12.7. The monoisotopic (exact) mass is 443 g/mol. The van der Waals surface area contributed by atoms with Crippen molar-refractivity contribution >= 4 is 21.7 Å². The van der Waals surface area contributed by atoms with Gasteiger partial charge in [0.2, 0.25) is 10.0 Å². The average Bonchev–Trinajstić information content (AvgIpc) is 2.67. The van der Waals surface area contributed by atoms with Gasteiger partial charge in [0, 0.05) is 46.3 Å². The molecule has 0 atom stereocenters. The van der Waals surface area contributed by atoms with Crippen LogP contribution in [0.15, 0.2) is 30.3 Å². The van der Waals surface area contributed by atoms with E-state index in [1.807, 2.05) is 30.0 Å². The number of sulfonamides is 1. The zero-order valence-corrected chi connectivity index (χ0v) is 17.8. The highest BCUT2D eigenvalue weighted by Gasteiger charge is 2.31. The van der Waals surface area contributed by atoms with Gasteiger partial charge in [0.25, 0.3) is 0 Å². The Morgan fingerprint density at radius 1 is 1.03 bits per heavy atom. The van der Waals surface area contributed by atoms with Crippen LogP contribution in [0.25, 0.3) is 0 Å². The van der Waals surface area contributed by atoms with Crippen LogP contribution < -0.4 is 9.80 Å². The van der Waals surface area contributed by atoms with Gasteiger partial charge in [-0.05, 0) is 24.6 Å². The van der Waals surface area contributed by atoms with E-state index >= 15 is 0 Å². The lowest BCUT2D eigenvalue weighted by molar-refractivity contribution is -0.137. The Hall–Kier alpha value is -2.40. The molecule has 2 aromatic rings. The SMILES string of the molecule is Cc1nc(N(C)C)cc(N2CCN(S(=O)(=O)Cc3ccc(C(F)(F)F)cc3)CC2)n1. The van der Waals surface area contributed by atoms with Gasteiger partial charge in [0.15, 0.2) is 0 Å². The van der Waals surface area contributed by atoms with Crippen molar-refractivity contribution in [1.29, 1.82) is 0 Å². The maximum absolute atomic E-state index is 12.7. The Morgan fingerprint density at radius 2 is 1.63 bits per heavy atom. The molecule has 0 bridgehead atoms. The molecule has 1 aromatic carbocycles. The summed E-state index contributed by atoms with van der Waals surface area (Å²) in [7, 11) is 0.137. The van der Waals surface area contributed by atoms with Crippen LogP contribution in [0, 0.1) is 6.92 Å². The minimum absolute atomic E-state index is 0.281. The highest BCUT2D eigenvalue weighted by molar-refractivity contribution is 7.88. The molecule has 11 heteroatoms. The van der Waals surface area contributed by atoms with Crippen molar-refractivity contribution in [3.05, 3.63) is 47.3 Å². The number of benzene rings is 1. The van der Waals surface area contributed by atoms with E-state index in [-0.39, 0.29) is 18.8 Å². The molecule has 1 aliphatic rings. The highest BCUT2D eigenvalue weighted by Crippen LogP contribution is 2.29. The molecular formula is C19H24F3N5O2S. The summed E-state index contributed by atoms with van der Waals surface area (Å²) in [6, 6.07) is 6.09. The Kier molecular flexibility index (Phi) is 6.23. The van der Waals surface area contributed by atoms with Gasteiger partial charge in [-0.15, -0.1) is 0 Å². The first-order valence-electron chi connectivity index (χ1n) is 9.37. The maximum Gasteiger partial charge on any atom is 0.416 e. The predicted molar refractivity (Wildman–Crippen MR) is 109 cm³/mol. The van der Waals surface area contributed by atoms with E-state index in [0.717, 1.165) is 23.8 Å². The van der Waals surface area contributed by atoms with Crippen LogP contribution in [0.1, 0.15) is 17.0 Å². The summed E-state index contributed by atoms with van der Waals surface area (Å²) in [5, 5.41) is 0. The molecule has 1 fully saturated rings. The summed E-state index contributed by atoms with van der Waals surface area (Å²) in [6.45, 7) is 3.30. The van der Waals surface area contributed by atoms with Crippen LogP contribution >= 0.6 is 0 Å². The fourth-order valence-corrected chi connectivity index (χ4v) is 4.73. The Labute approximate surface area is 174 Å². The molecule has 1 aliphatic heterocycles. The molecule has 0 amide bonds. The van der Waals surface area contributed by atoms with Gasteiger partial charge in [0.05, 0.1) is 11.3 Å². The van der Waals surface area contributed by atoms with Gasteiger partial charge in [-0.1, -0.05) is 12.1 Å².